The molecule has 0 radical (unpaired) electrons. The maximum atomic E-state index is 3.61. The van der Waals surface area contributed by atoms with Crippen LogP contribution in [0.3, 0.4) is 0 Å². The molecule has 0 aliphatic rings. The average molecular weight is 359 g/mol. The zero-order valence-electron chi connectivity index (χ0n) is 15.1. The highest BCUT2D eigenvalue weighted by molar-refractivity contribution is 6.09. The van der Waals surface area contributed by atoms with Crippen LogP contribution in [0.25, 0.3) is 44.2 Å². The first-order chi connectivity index (χ1) is 13.9. The van der Waals surface area contributed by atoms with E-state index in [1.165, 1.54) is 10.8 Å². The van der Waals surface area contributed by atoms with Crippen molar-refractivity contribution in [3.05, 3.63) is 103 Å². The monoisotopic (exact) mass is 359 g/mol. The third-order valence-electron chi connectivity index (χ3n) is 5.34. The van der Waals surface area contributed by atoms with E-state index in [9.17, 15) is 0 Å². The molecule has 0 saturated heterocycles. The second kappa shape index (κ2) is 5.83. The van der Waals surface area contributed by atoms with Crippen molar-refractivity contribution in [3.8, 4) is 11.4 Å². The molecule has 0 unspecified atom stereocenters. The van der Waals surface area contributed by atoms with E-state index in [0.717, 1.165) is 33.4 Å². The second-order valence-corrected chi connectivity index (χ2v) is 6.97. The lowest BCUT2D eigenvalue weighted by molar-refractivity contribution is -0.571. The SMILES string of the molecule is [c-]1n(-c2ccccc2)c2ccccc2[n+]1-c1cccc2c1[nH]c1ccccc12. The highest BCUT2D eigenvalue weighted by atomic mass is 15.1. The van der Waals surface area contributed by atoms with E-state index < -0.39 is 0 Å². The minimum atomic E-state index is 1.10. The zero-order chi connectivity index (χ0) is 18.5. The molecule has 3 nitrogen and oxygen atoms in total. The Morgan fingerprint density at radius 3 is 2.36 bits per heavy atom. The lowest BCUT2D eigenvalue weighted by Crippen LogP contribution is -2.29. The normalized spacial score (nSPS) is 11.6. The van der Waals surface area contributed by atoms with Crippen molar-refractivity contribution >= 4 is 32.8 Å². The third-order valence-corrected chi connectivity index (χ3v) is 5.34. The van der Waals surface area contributed by atoms with E-state index in [2.05, 4.69) is 111 Å². The summed E-state index contributed by atoms with van der Waals surface area (Å²) in [5, 5.41) is 2.47. The fourth-order valence-electron chi connectivity index (χ4n) is 4.05. The van der Waals surface area contributed by atoms with Crippen LogP contribution in [0.5, 0.6) is 0 Å². The predicted octanol–water partition coefficient (Wildman–Crippen LogP) is 5.34. The van der Waals surface area contributed by atoms with Gasteiger partial charge in [0.25, 0.3) is 6.33 Å². The molecule has 28 heavy (non-hydrogen) atoms. The van der Waals surface area contributed by atoms with Crippen molar-refractivity contribution in [2.45, 2.75) is 0 Å². The number of rotatable bonds is 2. The van der Waals surface area contributed by atoms with E-state index in [1.54, 1.807) is 0 Å². The number of para-hydroxylation sites is 5. The van der Waals surface area contributed by atoms with Crippen molar-refractivity contribution in [1.29, 1.82) is 0 Å². The van der Waals surface area contributed by atoms with Gasteiger partial charge in [-0.05, 0) is 24.3 Å². The van der Waals surface area contributed by atoms with Crippen molar-refractivity contribution < 1.29 is 4.57 Å². The summed E-state index contributed by atoms with van der Waals surface area (Å²) >= 11 is 0. The Kier molecular flexibility index (Phi) is 3.17. The number of hydrogen-bond donors (Lipinski definition) is 1. The lowest BCUT2D eigenvalue weighted by Gasteiger charge is -2.05. The van der Waals surface area contributed by atoms with Crippen LogP contribution in [0.15, 0.2) is 97.1 Å². The van der Waals surface area contributed by atoms with Crippen molar-refractivity contribution in [2.75, 3.05) is 0 Å². The Morgan fingerprint density at radius 2 is 1.43 bits per heavy atom. The Hall–Kier alpha value is -3.85. The molecule has 0 aliphatic carbocycles. The van der Waals surface area contributed by atoms with E-state index >= 15 is 0 Å². The highest BCUT2D eigenvalue weighted by Gasteiger charge is 2.15. The Balaban J connectivity index is 1.70. The molecule has 132 valence electrons. The molecule has 4 aromatic carbocycles. The molecule has 6 rings (SSSR count). The summed E-state index contributed by atoms with van der Waals surface area (Å²) in [5.74, 6) is 0. The molecule has 0 spiro atoms. The van der Waals surface area contributed by atoms with Gasteiger partial charge in [0.2, 0.25) is 0 Å². The largest absolute Gasteiger partial charge is 0.357 e. The van der Waals surface area contributed by atoms with Crippen LogP contribution in [0.1, 0.15) is 0 Å². The molecule has 6 aromatic rings. The summed E-state index contributed by atoms with van der Waals surface area (Å²) in [6.45, 7) is 0. The van der Waals surface area contributed by atoms with Crippen molar-refractivity contribution in [3.63, 3.8) is 0 Å². The molecule has 0 aliphatic heterocycles. The number of fused-ring (bicyclic) bond motifs is 4. The van der Waals surface area contributed by atoms with Gasteiger partial charge in [-0.15, -0.1) is 0 Å². The molecule has 0 atom stereocenters. The molecule has 0 amide bonds. The number of nitrogens with one attached hydrogen (secondary N) is 1. The number of aromatic amines is 1. The summed E-state index contributed by atoms with van der Waals surface area (Å²) in [6.07, 6.45) is 3.57. The van der Waals surface area contributed by atoms with Crippen molar-refractivity contribution in [1.82, 2.24) is 9.55 Å². The van der Waals surface area contributed by atoms with Gasteiger partial charge in [-0.25, -0.2) is 0 Å². The number of imidazole rings is 1. The zero-order valence-corrected chi connectivity index (χ0v) is 15.1. The minimum Gasteiger partial charge on any atom is -0.357 e. The van der Waals surface area contributed by atoms with Gasteiger partial charge in [-0.1, -0.05) is 72.8 Å². The molecule has 0 bridgehead atoms. The second-order valence-electron chi connectivity index (χ2n) is 6.97. The van der Waals surface area contributed by atoms with Gasteiger partial charge < -0.3 is 4.98 Å². The Bertz CT molecular complexity index is 1460. The fourth-order valence-corrected chi connectivity index (χ4v) is 4.05. The van der Waals surface area contributed by atoms with E-state index in [0.29, 0.717) is 0 Å². The van der Waals surface area contributed by atoms with Gasteiger partial charge in [0.1, 0.15) is 0 Å². The smallest absolute Gasteiger partial charge is 0.269 e. The molecular formula is C25H17N3. The van der Waals surface area contributed by atoms with Gasteiger partial charge in [0, 0.05) is 16.3 Å². The van der Waals surface area contributed by atoms with Gasteiger partial charge in [-0.2, -0.15) is 0 Å². The lowest BCUT2D eigenvalue weighted by atomic mass is 10.1. The molecule has 2 heterocycles. The molecule has 0 saturated carbocycles. The topological polar surface area (TPSA) is 24.6 Å². The fraction of sp³-hybridized carbons (Fsp3) is 0. The van der Waals surface area contributed by atoms with E-state index in [4.69, 9.17) is 0 Å². The van der Waals surface area contributed by atoms with Crippen LogP contribution < -0.4 is 4.57 Å². The van der Waals surface area contributed by atoms with Gasteiger partial charge in [0.15, 0.2) is 0 Å². The van der Waals surface area contributed by atoms with Crippen LogP contribution in [-0.4, -0.2) is 9.55 Å². The summed E-state index contributed by atoms with van der Waals surface area (Å²) in [6, 6.07) is 33.7. The van der Waals surface area contributed by atoms with Crippen LogP contribution in [0.4, 0.5) is 0 Å². The number of hydrogen-bond acceptors (Lipinski definition) is 0. The predicted molar refractivity (Wildman–Crippen MR) is 113 cm³/mol. The van der Waals surface area contributed by atoms with Gasteiger partial charge in [0.05, 0.1) is 27.9 Å². The number of nitrogens with zero attached hydrogens (tertiary/aromatic N) is 2. The van der Waals surface area contributed by atoms with Crippen LogP contribution in [0.2, 0.25) is 0 Å². The third kappa shape index (κ3) is 2.13. The van der Waals surface area contributed by atoms with Crippen LogP contribution in [0, 0.1) is 6.33 Å². The number of aromatic nitrogens is 3. The molecule has 2 aromatic heterocycles. The maximum absolute atomic E-state index is 3.61. The van der Waals surface area contributed by atoms with E-state index in [1.807, 2.05) is 6.07 Å². The minimum absolute atomic E-state index is 1.10. The highest BCUT2D eigenvalue weighted by Crippen LogP contribution is 2.28. The van der Waals surface area contributed by atoms with Gasteiger partial charge in [-0.3, -0.25) is 9.13 Å². The maximum Gasteiger partial charge on any atom is 0.269 e. The summed E-state index contributed by atoms with van der Waals surface area (Å²) in [7, 11) is 0. The van der Waals surface area contributed by atoms with Crippen LogP contribution >= 0.6 is 0 Å². The Morgan fingerprint density at radius 1 is 0.679 bits per heavy atom. The average Bonchev–Trinajstić information content (AvgIpc) is 3.33. The summed E-state index contributed by atoms with van der Waals surface area (Å²) in [4.78, 5) is 3.61. The Labute approximate surface area is 162 Å². The number of benzene rings is 4. The first-order valence-corrected chi connectivity index (χ1v) is 9.40. The number of H-pyrrole nitrogens is 1. The summed E-state index contributed by atoms with van der Waals surface area (Å²) in [5.41, 5.74) is 6.72. The molecule has 1 N–H and O–H groups in total. The summed E-state index contributed by atoms with van der Waals surface area (Å²) < 4.78 is 4.27. The first kappa shape index (κ1) is 15.2. The van der Waals surface area contributed by atoms with Gasteiger partial charge >= 0.3 is 0 Å². The van der Waals surface area contributed by atoms with Crippen molar-refractivity contribution in [2.24, 2.45) is 0 Å². The molecule has 3 heteroatoms. The standard InChI is InChI=1S/C25H17N3/c1-2-9-18(10-3-1)27-17-28(23-15-7-6-14-22(23)27)24-16-8-12-20-19-11-4-5-13-21(19)26-25(20)24/h1-16,26H. The van der Waals surface area contributed by atoms with Crippen LogP contribution in [-0.2, 0) is 0 Å². The first-order valence-electron chi connectivity index (χ1n) is 9.40. The molecule has 0 fully saturated rings. The molecular weight excluding hydrogens is 342 g/mol. The van der Waals surface area contributed by atoms with E-state index in [-0.39, 0.29) is 0 Å². The quantitative estimate of drug-likeness (QED) is 0.319.